The summed E-state index contributed by atoms with van der Waals surface area (Å²) in [5.74, 6) is 3.61. The number of thioether (sulfide) groups is 2. The standard InChI is InChI=1S/C32H41N9OS2.C4H6.C3H6.C2H6/c1-24-20-29(38-37-24)36-31(30(42-5)32(34-2)41-18-16-40(17-19-41)15-14-39(3)4)35-23-44-28-12-10-27(11-13-28)43-22-26-9-7-6-8-25(26)21-33;1-3-4-2;1-3-2;1-2/h6-13,20H,2,14-19,22-23H2,1,3-5H3,(H2,35,36,37,38);3-4H,1-2H2;3H,1H2,2H3;1-2H3/b32-30-;;;. The van der Waals surface area contributed by atoms with E-state index in [-0.39, 0.29) is 0 Å². The Bertz CT molecular complexity index is 1610. The molecule has 1 aliphatic heterocycles. The molecule has 0 atom stereocenters. The number of hydrogen-bond donors (Lipinski definition) is 2. The van der Waals surface area contributed by atoms with Crippen LogP contribution in [0.15, 0.2) is 124 Å². The van der Waals surface area contributed by atoms with Gasteiger partial charge in [0.15, 0.2) is 17.5 Å². The maximum atomic E-state index is 9.35. The van der Waals surface area contributed by atoms with Gasteiger partial charge in [-0.25, -0.2) is 4.99 Å². The van der Waals surface area contributed by atoms with Gasteiger partial charge < -0.3 is 19.9 Å². The minimum atomic E-state index is 0.462. The lowest BCUT2D eigenvalue weighted by molar-refractivity contribution is 0.143. The third-order valence-electron chi connectivity index (χ3n) is 7.24. The predicted octanol–water partition coefficient (Wildman–Crippen LogP) is 8.71. The number of methoxy groups -OCH3 is 1. The van der Waals surface area contributed by atoms with E-state index in [1.807, 2.05) is 58.0 Å². The second kappa shape index (κ2) is 28.0. The lowest BCUT2D eigenvalue weighted by atomic mass is 10.1. The zero-order valence-corrected chi connectivity index (χ0v) is 34.4. The molecule has 0 spiro atoms. The normalized spacial score (nSPS) is 13.0. The van der Waals surface area contributed by atoms with Crippen LogP contribution >= 0.6 is 23.5 Å². The smallest absolute Gasteiger partial charge is 0.204 e. The van der Waals surface area contributed by atoms with Crippen molar-refractivity contribution in [1.29, 1.82) is 5.26 Å². The number of rotatable bonds is 15. The maximum Gasteiger partial charge on any atom is 0.204 e. The SMILES string of the molecule is C=CC.C=CC=C.C=N/C(=C(OC)\C(=N/CSc1ccc(SCc2ccccc2C#N)cc1)Nc1cc(C)[nH]n1)N1CCN(CCN(C)C)CC1.CC. The highest BCUT2D eigenvalue weighted by molar-refractivity contribution is 7.99. The number of aliphatic imine (C=N–C) groups is 2. The third-order valence-corrected chi connectivity index (χ3v) is 9.16. The predicted molar refractivity (Wildman–Crippen MR) is 230 cm³/mol. The summed E-state index contributed by atoms with van der Waals surface area (Å²) in [6.07, 6.45) is 5.03. The molecule has 2 aromatic carbocycles. The van der Waals surface area contributed by atoms with Crippen molar-refractivity contribution in [1.82, 2.24) is 24.9 Å². The van der Waals surface area contributed by atoms with Gasteiger partial charge in [-0.15, -0.1) is 30.1 Å². The molecule has 10 nitrogen and oxygen atoms in total. The van der Waals surface area contributed by atoms with Gasteiger partial charge in [-0.2, -0.15) is 10.4 Å². The Labute approximate surface area is 327 Å². The number of nitrogens with one attached hydrogen (secondary N) is 2. The summed E-state index contributed by atoms with van der Waals surface area (Å²) in [6, 6.07) is 20.3. The number of benzene rings is 2. The van der Waals surface area contributed by atoms with Crippen LogP contribution in [0.2, 0.25) is 0 Å². The molecule has 4 rings (SSSR count). The first-order chi connectivity index (χ1) is 25.7. The monoisotopic (exact) mass is 757 g/mol. The molecule has 2 N–H and O–H groups in total. The zero-order valence-electron chi connectivity index (χ0n) is 32.8. The molecule has 0 unspecified atom stereocenters. The molecule has 1 aromatic heterocycles. The summed E-state index contributed by atoms with van der Waals surface area (Å²) in [6.45, 7) is 27.4. The van der Waals surface area contributed by atoms with Crippen molar-refractivity contribution in [3.05, 3.63) is 121 Å². The van der Waals surface area contributed by atoms with Gasteiger partial charge in [0.05, 0.1) is 24.6 Å². The van der Waals surface area contributed by atoms with Crippen LogP contribution in [0.25, 0.3) is 0 Å². The first-order valence-electron chi connectivity index (χ1n) is 17.6. The minimum absolute atomic E-state index is 0.462. The summed E-state index contributed by atoms with van der Waals surface area (Å²) in [4.78, 5) is 18.4. The number of H-pyrrole nitrogens is 1. The van der Waals surface area contributed by atoms with E-state index in [1.54, 1.807) is 48.9 Å². The van der Waals surface area contributed by atoms with Crippen LogP contribution in [0.5, 0.6) is 0 Å². The van der Waals surface area contributed by atoms with E-state index < -0.39 is 0 Å². The van der Waals surface area contributed by atoms with Crippen molar-refractivity contribution in [3.63, 3.8) is 0 Å². The van der Waals surface area contributed by atoms with E-state index in [0.29, 0.717) is 29.1 Å². The number of nitriles is 1. The molecular weight excluding hydrogens is 699 g/mol. The fraction of sp³-hybridized carbons (Fsp3) is 0.366. The molecule has 0 amide bonds. The molecule has 2 heterocycles. The van der Waals surface area contributed by atoms with Crippen molar-refractivity contribution in [2.45, 2.75) is 43.2 Å². The third kappa shape index (κ3) is 17.7. The summed E-state index contributed by atoms with van der Waals surface area (Å²) >= 11 is 3.35. The molecular formula is C41H59N9OS2. The van der Waals surface area contributed by atoms with Crippen molar-refractivity contribution in [3.8, 4) is 6.07 Å². The molecule has 0 aliphatic carbocycles. The lowest BCUT2D eigenvalue weighted by Gasteiger charge is -2.36. The van der Waals surface area contributed by atoms with Crippen LogP contribution in [0.1, 0.15) is 37.6 Å². The van der Waals surface area contributed by atoms with Crippen LogP contribution in [0.3, 0.4) is 0 Å². The van der Waals surface area contributed by atoms with Crippen molar-refractivity contribution < 1.29 is 4.74 Å². The van der Waals surface area contributed by atoms with Gasteiger partial charge in [0.25, 0.3) is 0 Å². The van der Waals surface area contributed by atoms with E-state index in [9.17, 15) is 5.26 Å². The highest BCUT2D eigenvalue weighted by Crippen LogP contribution is 2.28. The van der Waals surface area contributed by atoms with E-state index >= 15 is 0 Å². The van der Waals surface area contributed by atoms with Gasteiger partial charge in [0.1, 0.15) is 0 Å². The zero-order chi connectivity index (χ0) is 39.4. The van der Waals surface area contributed by atoms with Crippen LogP contribution in [0, 0.1) is 18.3 Å². The molecule has 53 heavy (non-hydrogen) atoms. The number of ether oxygens (including phenoxy) is 1. The number of piperazine rings is 1. The van der Waals surface area contributed by atoms with Crippen LogP contribution in [-0.4, -0.2) is 104 Å². The Balaban J connectivity index is 0.00000142. The Morgan fingerprint density at radius 3 is 2.15 bits per heavy atom. The van der Waals surface area contributed by atoms with E-state index in [0.717, 1.165) is 71.6 Å². The molecule has 0 bridgehead atoms. The minimum Gasteiger partial charge on any atom is -0.490 e. The molecule has 3 aromatic rings. The van der Waals surface area contributed by atoms with Gasteiger partial charge in [0.2, 0.25) is 5.76 Å². The molecule has 1 fully saturated rings. The topological polar surface area (TPSA) is 108 Å². The molecule has 0 radical (unpaired) electrons. The Kier molecular flexibility index (Phi) is 24.6. The van der Waals surface area contributed by atoms with Crippen LogP contribution < -0.4 is 5.32 Å². The van der Waals surface area contributed by atoms with Crippen LogP contribution in [0.4, 0.5) is 5.82 Å². The van der Waals surface area contributed by atoms with Crippen molar-refractivity contribution in [2.75, 3.05) is 71.7 Å². The van der Waals surface area contributed by atoms with E-state index in [2.05, 4.69) is 106 Å². The second-order valence-corrected chi connectivity index (χ2v) is 13.5. The average molecular weight is 758 g/mol. The lowest BCUT2D eigenvalue weighted by Crippen LogP contribution is -2.47. The largest absolute Gasteiger partial charge is 0.490 e. The quantitative estimate of drug-likeness (QED) is 0.0393. The maximum absolute atomic E-state index is 9.35. The van der Waals surface area contributed by atoms with Gasteiger partial charge in [-0.1, -0.05) is 63.4 Å². The highest BCUT2D eigenvalue weighted by Gasteiger charge is 2.24. The van der Waals surface area contributed by atoms with Gasteiger partial charge in [-0.3, -0.25) is 15.0 Å². The molecule has 286 valence electrons. The highest BCUT2D eigenvalue weighted by atomic mass is 32.2. The van der Waals surface area contributed by atoms with Gasteiger partial charge in [0, 0.05) is 66.6 Å². The number of aromatic amines is 1. The number of allylic oxidation sites excluding steroid dienone is 3. The number of aromatic nitrogens is 2. The fourth-order valence-corrected chi connectivity index (χ4v) is 6.20. The van der Waals surface area contributed by atoms with E-state index in [1.165, 1.54) is 0 Å². The van der Waals surface area contributed by atoms with Crippen molar-refractivity contribution >= 4 is 41.9 Å². The van der Waals surface area contributed by atoms with E-state index in [4.69, 9.17) is 9.73 Å². The number of aryl methyl sites for hydroxylation is 1. The molecule has 12 heteroatoms. The Morgan fingerprint density at radius 2 is 1.64 bits per heavy atom. The summed E-state index contributed by atoms with van der Waals surface area (Å²) < 4.78 is 5.92. The van der Waals surface area contributed by atoms with Crippen LogP contribution in [-0.2, 0) is 10.5 Å². The van der Waals surface area contributed by atoms with Crippen molar-refractivity contribution in [2.24, 2.45) is 9.98 Å². The molecule has 0 saturated carbocycles. The number of hydrogen-bond acceptors (Lipinski definition) is 10. The van der Waals surface area contributed by atoms with Gasteiger partial charge >= 0.3 is 0 Å². The summed E-state index contributed by atoms with van der Waals surface area (Å²) in [7, 11) is 5.84. The summed E-state index contributed by atoms with van der Waals surface area (Å²) in [5.41, 5.74) is 2.71. The summed E-state index contributed by atoms with van der Waals surface area (Å²) in [5, 5.41) is 20.0. The number of amidine groups is 1. The molecule has 1 saturated heterocycles. The number of nitrogens with zero attached hydrogens (tertiary/aromatic N) is 7. The van der Waals surface area contributed by atoms with Gasteiger partial charge in [-0.05, 0) is 70.6 Å². The number of likely N-dealkylation sites (N-methyl/N-ethyl adjacent to an activating group) is 1. The Hall–Kier alpha value is -4.54. The number of anilines is 1. The average Bonchev–Trinajstić information content (AvgIpc) is 3.61. The second-order valence-electron chi connectivity index (χ2n) is 11.4. The molecule has 1 aliphatic rings. The fourth-order valence-electron chi connectivity index (χ4n) is 4.63. The Morgan fingerprint density at radius 1 is 1.04 bits per heavy atom. The first kappa shape index (κ1) is 46.5. The first-order valence-corrected chi connectivity index (χ1v) is 19.6.